The Balaban J connectivity index is 1.87. The highest BCUT2D eigenvalue weighted by Crippen LogP contribution is 2.27. The molecule has 102 valence electrons. The molecular weight excluding hydrogens is 264 g/mol. The molecule has 0 aliphatic heterocycles. The molecule has 0 saturated heterocycles. The summed E-state index contributed by atoms with van der Waals surface area (Å²) in [4.78, 5) is 17.3. The average molecular weight is 276 g/mol. The molecule has 0 amide bonds. The Kier molecular flexibility index (Phi) is 2.38. The van der Waals surface area contributed by atoms with Gasteiger partial charge in [-0.15, -0.1) is 0 Å². The second-order valence-corrected chi connectivity index (χ2v) is 5.06. The van der Waals surface area contributed by atoms with Crippen LogP contribution in [0.15, 0.2) is 54.6 Å². The van der Waals surface area contributed by atoms with Crippen molar-refractivity contribution in [1.29, 1.82) is 0 Å². The number of hydrogen-bond acceptors (Lipinski definition) is 1. The van der Waals surface area contributed by atoms with E-state index < -0.39 is 5.97 Å². The summed E-state index contributed by atoms with van der Waals surface area (Å²) in [5.41, 5.74) is 4.18. The van der Waals surface area contributed by atoms with Gasteiger partial charge in [-0.1, -0.05) is 24.3 Å². The van der Waals surface area contributed by atoms with Crippen LogP contribution in [0.5, 0.6) is 0 Å². The van der Waals surface area contributed by atoms with Crippen LogP contribution in [0.1, 0.15) is 10.5 Å². The summed E-state index contributed by atoms with van der Waals surface area (Å²) in [6.07, 6.45) is 0. The van der Waals surface area contributed by atoms with Crippen molar-refractivity contribution < 1.29 is 9.90 Å². The van der Waals surface area contributed by atoms with E-state index in [1.165, 1.54) is 0 Å². The molecule has 4 rings (SSSR count). The number of benzene rings is 2. The lowest BCUT2D eigenvalue weighted by Crippen LogP contribution is -1.94. The summed E-state index contributed by atoms with van der Waals surface area (Å²) >= 11 is 0. The Morgan fingerprint density at radius 1 is 0.857 bits per heavy atom. The number of aromatic nitrogens is 2. The molecule has 4 aromatic rings. The van der Waals surface area contributed by atoms with E-state index >= 15 is 0 Å². The first-order valence-electron chi connectivity index (χ1n) is 6.65. The molecule has 4 heteroatoms. The van der Waals surface area contributed by atoms with E-state index in [1.54, 1.807) is 6.07 Å². The Bertz CT molecular complexity index is 946. The Hall–Kier alpha value is -3.01. The van der Waals surface area contributed by atoms with Crippen LogP contribution in [0.4, 0.5) is 0 Å². The van der Waals surface area contributed by atoms with Gasteiger partial charge < -0.3 is 15.1 Å². The molecule has 0 aliphatic carbocycles. The van der Waals surface area contributed by atoms with Crippen molar-refractivity contribution in [2.75, 3.05) is 0 Å². The van der Waals surface area contributed by atoms with Gasteiger partial charge in [-0.3, -0.25) is 0 Å². The zero-order valence-electron chi connectivity index (χ0n) is 11.1. The lowest BCUT2D eigenvalue weighted by Gasteiger charge is -1.98. The van der Waals surface area contributed by atoms with Gasteiger partial charge in [-0.25, -0.2) is 4.79 Å². The normalized spacial score (nSPS) is 11.2. The van der Waals surface area contributed by atoms with Gasteiger partial charge in [-0.05, 0) is 35.9 Å². The smallest absolute Gasteiger partial charge is 0.352 e. The van der Waals surface area contributed by atoms with Gasteiger partial charge in [0.15, 0.2) is 0 Å². The van der Waals surface area contributed by atoms with Crippen LogP contribution in [0.3, 0.4) is 0 Å². The standard InChI is InChI=1S/C17H12N2O2/c20-17(21)16-9-12-7-11(5-6-14(12)19-16)15-8-10-3-1-2-4-13(10)18-15/h1-9,18-19H,(H,20,21). The van der Waals surface area contributed by atoms with Crippen molar-refractivity contribution >= 4 is 27.8 Å². The molecule has 0 fully saturated rings. The minimum absolute atomic E-state index is 0.207. The maximum Gasteiger partial charge on any atom is 0.352 e. The van der Waals surface area contributed by atoms with Crippen LogP contribution in [0, 0.1) is 0 Å². The molecule has 0 aliphatic rings. The van der Waals surface area contributed by atoms with Crippen LogP contribution in [0.25, 0.3) is 33.1 Å². The maximum atomic E-state index is 11.0. The van der Waals surface area contributed by atoms with Gasteiger partial charge in [0.25, 0.3) is 0 Å². The Morgan fingerprint density at radius 2 is 1.67 bits per heavy atom. The zero-order valence-corrected chi connectivity index (χ0v) is 11.1. The number of rotatable bonds is 2. The number of fused-ring (bicyclic) bond motifs is 2. The highest BCUT2D eigenvalue weighted by molar-refractivity contribution is 5.95. The fraction of sp³-hybridized carbons (Fsp3) is 0. The maximum absolute atomic E-state index is 11.0. The van der Waals surface area contributed by atoms with Crippen molar-refractivity contribution in [1.82, 2.24) is 9.97 Å². The van der Waals surface area contributed by atoms with Gasteiger partial charge in [-0.2, -0.15) is 0 Å². The number of aromatic carboxylic acids is 1. The number of carboxylic acids is 1. The van der Waals surface area contributed by atoms with Crippen molar-refractivity contribution in [2.45, 2.75) is 0 Å². The number of hydrogen-bond donors (Lipinski definition) is 3. The van der Waals surface area contributed by atoms with Crippen molar-refractivity contribution in [3.05, 3.63) is 60.3 Å². The average Bonchev–Trinajstić information content (AvgIpc) is 3.10. The topological polar surface area (TPSA) is 68.9 Å². The summed E-state index contributed by atoms with van der Waals surface area (Å²) in [7, 11) is 0. The first kappa shape index (κ1) is 11.8. The fourth-order valence-electron chi connectivity index (χ4n) is 2.64. The zero-order chi connectivity index (χ0) is 14.4. The van der Waals surface area contributed by atoms with E-state index in [0.717, 1.165) is 33.1 Å². The molecule has 0 radical (unpaired) electrons. The molecule has 0 bridgehead atoms. The quantitative estimate of drug-likeness (QED) is 0.517. The molecule has 21 heavy (non-hydrogen) atoms. The van der Waals surface area contributed by atoms with E-state index in [1.807, 2.05) is 36.4 Å². The van der Waals surface area contributed by atoms with E-state index in [0.29, 0.717) is 0 Å². The predicted octanol–water partition coefficient (Wildman–Crippen LogP) is 4.01. The highest BCUT2D eigenvalue weighted by Gasteiger charge is 2.09. The molecule has 0 spiro atoms. The van der Waals surface area contributed by atoms with Crippen LogP contribution >= 0.6 is 0 Å². The fourth-order valence-corrected chi connectivity index (χ4v) is 2.64. The Morgan fingerprint density at radius 3 is 2.48 bits per heavy atom. The molecule has 0 saturated carbocycles. The third-order valence-electron chi connectivity index (χ3n) is 3.69. The van der Waals surface area contributed by atoms with E-state index in [9.17, 15) is 4.79 Å². The first-order chi connectivity index (χ1) is 10.2. The second kappa shape index (κ2) is 4.24. The lowest BCUT2D eigenvalue weighted by molar-refractivity contribution is 0.0691. The summed E-state index contributed by atoms with van der Waals surface area (Å²) < 4.78 is 0. The van der Waals surface area contributed by atoms with Crippen LogP contribution in [-0.4, -0.2) is 21.0 Å². The molecular formula is C17H12N2O2. The molecule has 2 aromatic heterocycles. The molecule has 0 atom stereocenters. The van der Waals surface area contributed by atoms with Gasteiger partial charge in [0, 0.05) is 27.5 Å². The van der Waals surface area contributed by atoms with Crippen molar-refractivity contribution in [2.24, 2.45) is 0 Å². The van der Waals surface area contributed by atoms with E-state index in [4.69, 9.17) is 5.11 Å². The predicted molar refractivity (Wildman–Crippen MR) is 82.6 cm³/mol. The SMILES string of the molecule is O=C(O)c1cc2cc(-c3cc4ccccc4[nH]3)ccc2[nH]1. The van der Waals surface area contributed by atoms with Gasteiger partial charge in [0.05, 0.1) is 0 Å². The second-order valence-electron chi connectivity index (χ2n) is 5.06. The van der Waals surface area contributed by atoms with Crippen LogP contribution in [-0.2, 0) is 0 Å². The number of carbonyl (C=O) groups is 1. The minimum Gasteiger partial charge on any atom is -0.477 e. The van der Waals surface area contributed by atoms with Crippen LogP contribution < -0.4 is 0 Å². The van der Waals surface area contributed by atoms with Crippen molar-refractivity contribution in [3.8, 4) is 11.3 Å². The van der Waals surface area contributed by atoms with Crippen LogP contribution in [0.2, 0.25) is 0 Å². The van der Waals surface area contributed by atoms with Gasteiger partial charge in [0.2, 0.25) is 0 Å². The first-order valence-corrected chi connectivity index (χ1v) is 6.65. The highest BCUT2D eigenvalue weighted by atomic mass is 16.4. The molecule has 2 heterocycles. The third-order valence-corrected chi connectivity index (χ3v) is 3.69. The molecule has 3 N–H and O–H groups in total. The van der Waals surface area contributed by atoms with Gasteiger partial charge >= 0.3 is 5.97 Å². The molecule has 4 nitrogen and oxygen atoms in total. The summed E-state index contributed by atoms with van der Waals surface area (Å²) in [6, 6.07) is 17.7. The minimum atomic E-state index is -0.946. The number of para-hydroxylation sites is 1. The number of nitrogens with one attached hydrogen (secondary N) is 2. The lowest BCUT2D eigenvalue weighted by atomic mass is 10.1. The largest absolute Gasteiger partial charge is 0.477 e. The third kappa shape index (κ3) is 1.89. The number of H-pyrrole nitrogens is 2. The molecule has 0 unspecified atom stereocenters. The van der Waals surface area contributed by atoms with Crippen molar-refractivity contribution in [3.63, 3.8) is 0 Å². The molecule has 2 aromatic carbocycles. The van der Waals surface area contributed by atoms with E-state index in [-0.39, 0.29) is 5.69 Å². The summed E-state index contributed by atoms with van der Waals surface area (Å²) in [5.74, 6) is -0.946. The van der Waals surface area contributed by atoms with E-state index in [2.05, 4.69) is 22.1 Å². The number of carboxylic acid groups (broad SMARTS) is 1. The summed E-state index contributed by atoms with van der Waals surface area (Å²) in [5, 5.41) is 11.1. The van der Waals surface area contributed by atoms with Gasteiger partial charge in [0.1, 0.15) is 5.69 Å². The monoisotopic (exact) mass is 276 g/mol. The number of aromatic amines is 2. The summed E-state index contributed by atoms with van der Waals surface area (Å²) in [6.45, 7) is 0. The Labute approximate surface area is 120 Å².